The van der Waals surface area contributed by atoms with Gasteiger partial charge in [-0.15, -0.1) is 0 Å². The van der Waals surface area contributed by atoms with E-state index in [-0.39, 0.29) is 12.4 Å². The van der Waals surface area contributed by atoms with Gasteiger partial charge in [0.05, 0.1) is 25.7 Å². The topological polar surface area (TPSA) is 73.9 Å². The Hall–Kier alpha value is -3.06. The zero-order chi connectivity index (χ0) is 23.5. The Bertz CT molecular complexity index is 1150. The number of ether oxygens (including phenoxy) is 3. The smallest absolute Gasteiger partial charge is 0.336 e. The summed E-state index contributed by atoms with van der Waals surface area (Å²) >= 11 is 3.45. The number of rotatable bonds is 6. The molecule has 2 aromatic carbocycles. The Balaban J connectivity index is 1.76. The van der Waals surface area contributed by atoms with E-state index in [1.165, 1.54) is 7.11 Å². The average Bonchev–Trinajstić information content (AvgIpc) is 2.81. The minimum absolute atomic E-state index is 0.113. The van der Waals surface area contributed by atoms with Gasteiger partial charge in [-0.1, -0.05) is 34.1 Å². The van der Waals surface area contributed by atoms with Crippen LogP contribution in [0, 0.1) is 5.92 Å². The molecule has 2 atom stereocenters. The van der Waals surface area contributed by atoms with E-state index in [9.17, 15) is 9.59 Å². The van der Waals surface area contributed by atoms with Crippen molar-refractivity contribution >= 4 is 27.7 Å². The molecule has 1 aliphatic carbocycles. The summed E-state index contributed by atoms with van der Waals surface area (Å²) in [5.41, 5.74) is 3.69. The number of Topliss-reactive ketones (excluding diaryl/α,β-unsaturated/α-hetero) is 1. The van der Waals surface area contributed by atoms with Gasteiger partial charge in [-0.3, -0.25) is 4.79 Å². The first-order valence-electron chi connectivity index (χ1n) is 10.8. The van der Waals surface area contributed by atoms with Gasteiger partial charge >= 0.3 is 5.97 Å². The minimum atomic E-state index is -0.455. The van der Waals surface area contributed by atoms with E-state index in [1.54, 1.807) is 7.11 Å². The van der Waals surface area contributed by atoms with Crippen LogP contribution in [0.2, 0.25) is 0 Å². The van der Waals surface area contributed by atoms with Crippen LogP contribution in [0.5, 0.6) is 11.5 Å². The first-order valence-corrected chi connectivity index (χ1v) is 11.6. The highest BCUT2D eigenvalue weighted by Gasteiger charge is 2.43. The number of carbonyl (C=O) groups is 2. The van der Waals surface area contributed by atoms with Crippen molar-refractivity contribution in [2.45, 2.75) is 32.3 Å². The lowest BCUT2D eigenvalue weighted by molar-refractivity contribution is -0.136. The number of allylic oxidation sites excluding steroid dienone is 3. The van der Waals surface area contributed by atoms with Crippen molar-refractivity contribution < 1.29 is 23.8 Å². The molecule has 1 heterocycles. The molecule has 1 N–H and O–H groups in total. The molecule has 0 bridgehead atoms. The number of carbonyl (C=O) groups excluding carboxylic acids is 2. The molecule has 0 fully saturated rings. The van der Waals surface area contributed by atoms with Crippen molar-refractivity contribution in [1.29, 1.82) is 0 Å². The number of benzene rings is 2. The van der Waals surface area contributed by atoms with E-state index in [4.69, 9.17) is 14.2 Å². The summed E-state index contributed by atoms with van der Waals surface area (Å²) < 4.78 is 17.6. The molecular formula is C26H26BrNO5. The molecule has 6 nitrogen and oxygen atoms in total. The SMILES string of the molecule is COC(=O)C1=C(C)NC2=CCCC(=O)C2C1c1ccc(OC)c(COc2cccc(Br)c2)c1. The van der Waals surface area contributed by atoms with Crippen LogP contribution in [-0.4, -0.2) is 26.0 Å². The van der Waals surface area contributed by atoms with Gasteiger partial charge in [-0.05, 0) is 49.2 Å². The van der Waals surface area contributed by atoms with Crippen molar-refractivity contribution in [2.24, 2.45) is 5.92 Å². The fourth-order valence-corrected chi connectivity index (χ4v) is 4.95. The van der Waals surface area contributed by atoms with Crippen molar-refractivity contribution in [3.05, 3.63) is 81.1 Å². The van der Waals surface area contributed by atoms with Crippen LogP contribution in [-0.2, 0) is 20.9 Å². The van der Waals surface area contributed by atoms with Crippen LogP contribution < -0.4 is 14.8 Å². The maximum absolute atomic E-state index is 13.0. The lowest BCUT2D eigenvalue weighted by Crippen LogP contribution is -2.40. The second kappa shape index (κ2) is 9.83. The molecule has 33 heavy (non-hydrogen) atoms. The number of hydrogen-bond acceptors (Lipinski definition) is 6. The van der Waals surface area contributed by atoms with Gasteiger partial charge in [-0.25, -0.2) is 4.79 Å². The summed E-state index contributed by atoms with van der Waals surface area (Å²) in [6.07, 6.45) is 3.20. The number of esters is 1. The van der Waals surface area contributed by atoms with Gasteiger partial charge in [0.15, 0.2) is 0 Å². The molecule has 0 saturated heterocycles. The van der Waals surface area contributed by atoms with Gasteiger partial charge in [0, 0.05) is 33.8 Å². The van der Waals surface area contributed by atoms with Gasteiger partial charge in [0.25, 0.3) is 0 Å². The normalized spacial score (nSPS) is 19.9. The number of hydrogen-bond donors (Lipinski definition) is 1. The number of ketones is 1. The van der Waals surface area contributed by atoms with E-state index >= 15 is 0 Å². The number of fused-ring (bicyclic) bond motifs is 1. The Morgan fingerprint density at radius 3 is 2.70 bits per heavy atom. The largest absolute Gasteiger partial charge is 0.496 e. The second-order valence-corrected chi connectivity index (χ2v) is 9.01. The van der Waals surface area contributed by atoms with Crippen LogP contribution in [0.1, 0.15) is 36.8 Å². The van der Waals surface area contributed by atoms with Crippen molar-refractivity contribution in [2.75, 3.05) is 14.2 Å². The van der Waals surface area contributed by atoms with Crippen LogP contribution in [0.3, 0.4) is 0 Å². The van der Waals surface area contributed by atoms with Crippen LogP contribution >= 0.6 is 15.9 Å². The third-order valence-corrected chi connectivity index (χ3v) is 6.57. The van der Waals surface area contributed by atoms with Crippen molar-refractivity contribution in [1.82, 2.24) is 5.32 Å². The zero-order valence-electron chi connectivity index (χ0n) is 18.8. The monoisotopic (exact) mass is 511 g/mol. The lowest BCUT2D eigenvalue weighted by Gasteiger charge is -2.38. The van der Waals surface area contributed by atoms with E-state index < -0.39 is 17.8 Å². The molecule has 1 aliphatic heterocycles. The van der Waals surface area contributed by atoms with Gasteiger partial charge in [-0.2, -0.15) is 0 Å². The summed E-state index contributed by atoms with van der Waals surface area (Å²) in [6, 6.07) is 13.3. The maximum atomic E-state index is 13.0. The summed E-state index contributed by atoms with van der Waals surface area (Å²) in [5.74, 6) is 0.162. The highest BCUT2D eigenvalue weighted by molar-refractivity contribution is 9.10. The van der Waals surface area contributed by atoms with E-state index in [0.717, 1.165) is 27.0 Å². The molecule has 2 aliphatic rings. The Labute approximate surface area is 201 Å². The third-order valence-electron chi connectivity index (χ3n) is 6.08. The fraction of sp³-hybridized carbons (Fsp3) is 0.308. The molecule has 0 radical (unpaired) electrons. The van der Waals surface area contributed by atoms with Gasteiger partial charge in [0.2, 0.25) is 0 Å². The maximum Gasteiger partial charge on any atom is 0.336 e. The number of nitrogens with one attached hydrogen (secondary N) is 1. The zero-order valence-corrected chi connectivity index (χ0v) is 20.4. The Morgan fingerprint density at radius 1 is 1.15 bits per heavy atom. The average molecular weight is 512 g/mol. The predicted molar refractivity (Wildman–Crippen MR) is 128 cm³/mol. The first kappa shape index (κ1) is 23.1. The molecule has 0 spiro atoms. The minimum Gasteiger partial charge on any atom is -0.496 e. The number of halogens is 1. The fourth-order valence-electron chi connectivity index (χ4n) is 4.58. The standard InChI is InChI=1S/C26H26BrNO5/c1-15-23(26(30)32-3)24(25-20(28-15)8-5-9-21(25)29)16-10-11-22(31-2)17(12-16)14-33-19-7-4-6-18(27)13-19/h4,6-8,10-13,24-25,28H,5,9,14H2,1-3H3. The summed E-state index contributed by atoms with van der Waals surface area (Å²) in [6.45, 7) is 2.12. The molecule has 7 heteroatoms. The molecule has 2 aromatic rings. The highest BCUT2D eigenvalue weighted by atomic mass is 79.9. The van der Waals surface area contributed by atoms with Gasteiger partial charge < -0.3 is 19.5 Å². The van der Waals surface area contributed by atoms with E-state index in [0.29, 0.717) is 29.9 Å². The first-order chi connectivity index (χ1) is 15.9. The van der Waals surface area contributed by atoms with Crippen LogP contribution in [0.25, 0.3) is 0 Å². The lowest BCUT2D eigenvalue weighted by atomic mass is 9.71. The van der Waals surface area contributed by atoms with E-state index in [1.807, 2.05) is 49.4 Å². The van der Waals surface area contributed by atoms with Gasteiger partial charge in [0.1, 0.15) is 23.9 Å². The molecule has 172 valence electrons. The third kappa shape index (κ3) is 4.69. The Morgan fingerprint density at radius 2 is 1.97 bits per heavy atom. The van der Waals surface area contributed by atoms with Crippen LogP contribution in [0.4, 0.5) is 0 Å². The van der Waals surface area contributed by atoms with E-state index in [2.05, 4.69) is 27.3 Å². The summed E-state index contributed by atoms with van der Waals surface area (Å²) in [4.78, 5) is 25.8. The number of methoxy groups -OCH3 is 2. The summed E-state index contributed by atoms with van der Waals surface area (Å²) in [7, 11) is 2.97. The molecule has 4 rings (SSSR count). The van der Waals surface area contributed by atoms with Crippen LogP contribution in [0.15, 0.2) is 70.0 Å². The van der Waals surface area contributed by atoms with Crippen molar-refractivity contribution in [3.8, 4) is 11.5 Å². The molecule has 0 saturated carbocycles. The molecule has 0 aromatic heterocycles. The van der Waals surface area contributed by atoms with Crippen molar-refractivity contribution in [3.63, 3.8) is 0 Å². The highest BCUT2D eigenvalue weighted by Crippen LogP contribution is 2.44. The molecule has 0 amide bonds. The molecule has 2 unspecified atom stereocenters. The summed E-state index contributed by atoms with van der Waals surface area (Å²) in [5, 5.41) is 3.27. The second-order valence-electron chi connectivity index (χ2n) is 8.09. The predicted octanol–water partition coefficient (Wildman–Crippen LogP) is 5.03. The quantitative estimate of drug-likeness (QED) is 0.548. The Kier molecular flexibility index (Phi) is 6.88. The molecular weight excluding hydrogens is 486 g/mol.